The molecule has 5 heteroatoms. The minimum absolute atomic E-state index is 0.340. The van der Waals surface area contributed by atoms with Gasteiger partial charge in [0.2, 0.25) is 0 Å². The van der Waals surface area contributed by atoms with E-state index >= 15 is 0 Å². The number of aromatic nitrogens is 2. The quantitative estimate of drug-likeness (QED) is 0.429. The van der Waals surface area contributed by atoms with Crippen LogP contribution in [-0.2, 0) is 24.5 Å². The average molecular weight is 401 g/mol. The van der Waals surface area contributed by atoms with E-state index in [1.54, 1.807) is 11.8 Å². The van der Waals surface area contributed by atoms with Crippen molar-refractivity contribution in [1.82, 2.24) is 9.55 Å². The van der Waals surface area contributed by atoms with E-state index in [4.69, 9.17) is 21.3 Å². The maximum Gasteiger partial charge on any atom is 0.136 e. The SMILES string of the molecule is CCn1c(COCc2ccccc2)nc(C(C)C)c1Sc1cccc(Cl)c1. The molecular formula is C22H25ClN2OS. The van der Waals surface area contributed by atoms with Crippen molar-refractivity contribution in [2.24, 2.45) is 0 Å². The Bertz CT molecular complexity index is 877. The molecule has 1 aromatic heterocycles. The second-order valence-corrected chi connectivity index (χ2v) is 8.15. The third kappa shape index (κ3) is 5.16. The number of imidazole rings is 1. The van der Waals surface area contributed by atoms with Gasteiger partial charge in [-0.25, -0.2) is 4.98 Å². The summed E-state index contributed by atoms with van der Waals surface area (Å²) in [7, 11) is 0. The van der Waals surface area contributed by atoms with Gasteiger partial charge in [-0.1, -0.05) is 73.6 Å². The highest BCUT2D eigenvalue weighted by Gasteiger charge is 2.20. The first-order valence-corrected chi connectivity index (χ1v) is 10.4. The molecule has 27 heavy (non-hydrogen) atoms. The van der Waals surface area contributed by atoms with Gasteiger partial charge in [-0.2, -0.15) is 0 Å². The van der Waals surface area contributed by atoms with E-state index in [0.717, 1.165) is 28.0 Å². The Morgan fingerprint density at radius 1 is 1.07 bits per heavy atom. The molecule has 0 amide bonds. The summed E-state index contributed by atoms with van der Waals surface area (Å²) in [4.78, 5) is 6.04. The van der Waals surface area contributed by atoms with Crippen LogP contribution in [0, 0.1) is 0 Å². The molecule has 0 radical (unpaired) electrons. The Kier molecular flexibility index (Phi) is 7.00. The predicted octanol–water partition coefficient (Wildman–Crippen LogP) is 6.55. The third-order valence-corrected chi connectivity index (χ3v) is 5.59. The van der Waals surface area contributed by atoms with Gasteiger partial charge in [-0.15, -0.1) is 0 Å². The molecule has 1 heterocycles. The molecular weight excluding hydrogens is 376 g/mol. The summed E-state index contributed by atoms with van der Waals surface area (Å²) in [6, 6.07) is 18.2. The van der Waals surface area contributed by atoms with Crippen LogP contribution < -0.4 is 0 Å². The average Bonchev–Trinajstić information content (AvgIpc) is 3.00. The molecule has 3 nitrogen and oxygen atoms in total. The van der Waals surface area contributed by atoms with Gasteiger partial charge in [0, 0.05) is 16.5 Å². The summed E-state index contributed by atoms with van der Waals surface area (Å²) in [5.74, 6) is 1.31. The van der Waals surface area contributed by atoms with Crippen LogP contribution >= 0.6 is 23.4 Å². The van der Waals surface area contributed by atoms with Crippen LogP contribution in [0.5, 0.6) is 0 Å². The highest BCUT2D eigenvalue weighted by molar-refractivity contribution is 7.99. The Hall–Kier alpha value is -1.75. The van der Waals surface area contributed by atoms with Crippen LogP contribution in [-0.4, -0.2) is 9.55 Å². The lowest BCUT2D eigenvalue weighted by Gasteiger charge is -2.11. The number of hydrogen-bond donors (Lipinski definition) is 0. The van der Waals surface area contributed by atoms with E-state index in [2.05, 4.69) is 43.5 Å². The molecule has 0 saturated heterocycles. The Labute approximate surface area is 170 Å². The summed E-state index contributed by atoms with van der Waals surface area (Å²) in [6.07, 6.45) is 0. The Morgan fingerprint density at radius 2 is 1.85 bits per heavy atom. The third-order valence-electron chi connectivity index (χ3n) is 4.24. The second-order valence-electron chi connectivity index (χ2n) is 6.66. The van der Waals surface area contributed by atoms with E-state index in [1.165, 1.54) is 10.6 Å². The molecule has 2 aromatic carbocycles. The zero-order valence-corrected chi connectivity index (χ0v) is 17.6. The normalized spacial score (nSPS) is 11.3. The molecule has 3 aromatic rings. The molecule has 0 unspecified atom stereocenters. The van der Waals surface area contributed by atoms with Crippen molar-refractivity contribution in [2.45, 2.75) is 56.4 Å². The molecule has 142 valence electrons. The van der Waals surface area contributed by atoms with Crippen LogP contribution in [0.2, 0.25) is 5.02 Å². The lowest BCUT2D eigenvalue weighted by molar-refractivity contribution is 0.0989. The van der Waals surface area contributed by atoms with E-state index < -0.39 is 0 Å². The molecule has 0 fully saturated rings. The van der Waals surface area contributed by atoms with Crippen molar-refractivity contribution in [3.63, 3.8) is 0 Å². The van der Waals surface area contributed by atoms with E-state index in [1.807, 2.05) is 36.4 Å². The Morgan fingerprint density at radius 3 is 2.52 bits per heavy atom. The summed E-state index contributed by atoms with van der Waals surface area (Å²) >= 11 is 7.88. The van der Waals surface area contributed by atoms with Crippen LogP contribution in [0.4, 0.5) is 0 Å². The van der Waals surface area contributed by atoms with Crippen molar-refractivity contribution in [1.29, 1.82) is 0 Å². The number of ether oxygens (including phenoxy) is 1. The highest BCUT2D eigenvalue weighted by atomic mass is 35.5. The summed E-state index contributed by atoms with van der Waals surface area (Å²) in [5.41, 5.74) is 2.28. The van der Waals surface area contributed by atoms with Gasteiger partial charge < -0.3 is 9.30 Å². The predicted molar refractivity (Wildman–Crippen MR) is 113 cm³/mol. The fourth-order valence-electron chi connectivity index (χ4n) is 2.90. The van der Waals surface area contributed by atoms with Crippen molar-refractivity contribution in [2.75, 3.05) is 0 Å². The molecule has 0 N–H and O–H groups in total. The van der Waals surface area contributed by atoms with E-state index in [9.17, 15) is 0 Å². The molecule has 0 aliphatic carbocycles. The van der Waals surface area contributed by atoms with Crippen molar-refractivity contribution < 1.29 is 4.74 Å². The number of hydrogen-bond acceptors (Lipinski definition) is 3. The fourth-order valence-corrected chi connectivity index (χ4v) is 4.44. The number of rotatable bonds is 8. The molecule has 0 aliphatic rings. The summed E-state index contributed by atoms with van der Waals surface area (Å²) < 4.78 is 8.21. The van der Waals surface area contributed by atoms with E-state index in [-0.39, 0.29) is 0 Å². The van der Waals surface area contributed by atoms with Crippen LogP contribution in [0.3, 0.4) is 0 Å². The first-order valence-electron chi connectivity index (χ1n) is 9.22. The van der Waals surface area contributed by atoms with Crippen LogP contribution in [0.25, 0.3) is 0 Å². The fraction of sp³-hybridized carbons (Fsp3) is 0.318. The monoisotopic (exact) mass is 400 g/mol. The standard InChI is InChI=1S/C22H25ClN2OS/c1-4-25-20(15-26-14-17-9-6-5-7-10-17)24-21(16(2)3)22(25)27-19-12-8-11-18(23)13-19/h5-13,16H,4,14-15H2,1-3H3. The first kappa shape index (κ1) is 20.0. The van der Waals surface area contributed by atoms with Gasteiger partial charge >= 0.3 is 0 Å². The van der Waals surface area contributed by atoms with Gasteiger partial charge in [0.15, 0.2) is 0 Å². The zero-order chi connectivity index (χ0) is 19.2. The molecule has 0 bridgehead atoms. The summed E-state index contributed by atoms with van der Waals surface area (Å²) in [6.45, 7) is 8.45. The first-order chi connectivity index (χ1) is 13.1. The lowest BCUT2D eigenvalue weighted by atomic mass is 10.1. The van der Waals surface area contributed by atoms with Gasteiger partial charge in [0.25, 0.3) is 0 Å². The van der Waals surface area contributed by atoms with E-state index in [0.29, 0.717) is 19.1 Å². The molecule has 0 aliphatic heterocycles. The summed E-state index contributed by atoms with van der Waals surface area (Å²) in [5, 5.41) is 1.92. The molecule has 0 atom stereocenters. The largest absolute Gasteiger partial charge is 0.369 e. The highest BCUT2D eigenvalue weighted by Crippen LogP contribution is 2.35. The topological polar surface area (TPSA) is 27.1 Å². The molecule has 0 saturated carbocycles. The maximum atomic E-state index is 6.16. The van der Waals surface area contributed by atoms with Crippen molar-refractivity contribution in [3.05, 3.63) is 76.7 Å². The number of nitrogens with zero attached hydrogens (tertiary/aromatic N) is 2. The smallest absolute Gasteiger partial charge is 0.136 e. The Balaban J connectivity index is 1.82. The van der Waals surface area contributed by atoms with Gasteiger partial charge in [0.05, 0.1) is 12.3 Å². The van der Waals surface area contributed by atoms with Crippen LogP contribution in [0.1, 0.15) is 43.8 Å². The minimum Gasteiger partial charge on any atom is -0.369 e. The minimum atomic E-state index is 0.340. The van der Waals surface area contributed by atoms with Crippen molar-refractivity contribution >= 4 is 23.4 Å². The van der Waals surface area contributed by atoms with Gasteiger partial charge in [-0.05, 0) is 36.6 Å². The molecule has 0 spiro atoms. The maximum absolute atomic E-state index is 6.16. The molecule has 3 rings (SSSR count). The van der Waals surface area contributed by atoms with Gasteiger partial charge in [-0.3, -0.25) is 0 Å². The van der Waals surface area contributed by atoms with Crippen molar-refractivity contribution in [3.8, 4) is 0 Å². The van der Waals surface area contributed by atoms with Crippen LogP contribution in [0.15, 0.2) is 64.5 Å². The second kappa shape index (κ2) is 9.45. The number of benzene rings is 2. The lowest BCUT2D eigenvalue weighted by Crippen LogP contribution is -2.05. The number of halogens is 1. The zero-order valence-electron chi connectivity index (χ0n) is 16.0. The van der Waals surface area contributed by atoms with Gasteiger partial charge in [0.1, 0.15) is 17.5 Å².